The normalized spacial score (nSPS) is 15.6. The van der Waals surface area contributed by atoms with Gasteiger partial charge in [0.05, 0.1) is 5.56 Å². The van der Waals surface area contributed by atoms with Crippen LogP contribution in [0.3, 0.4) is 0 Å². The zero-order valence-electron chi connectivity index (χ0n) is 13.5. The van der Waals surface area contributed by atoms with Crippen molar-refractivity contribution in [1.82, 2.24) is 14.9 Å². The van der Waals surface area contributed by atoms with Gasteiger partial charge in [-0.05, 0) is 27.7 Å². The molecule has 0 saturated carbocycles. The van der Waals surface area contributed by atoms with Gasteiger partial charge in [-0.3, -0.25) is 4.79 Å². The van der Waals surface area contributed by atoms with Crippen LogP contribution in [0.2, 0.25) is 0 Å². The first-order valence-electron chi connectivity index (χ1n) is 7.32. The van der Waals surface area contributed by atoms with Gasteiger partial charge in [-0.2, -0.15) is 0 Å². The Bertz CT molecular complexity index is 543. The molecule has 1 saturated heterocycles. The molecule has 0 aliphatic carbocycles. The van der Waals surface area contributed by atoms with Gasteiger partial charge in [0.1, 0.15) is 5.60 Å². The molecule has 0 spiro atoms. The number of hydrogen-bond acceptors (Lipinski definition) is 6. The number of ether oxygens (including phenoxy) is 1. The SMILES string of the molecule is CC(=O)c1cnc(N2CCN(C(=O)OC(C)(C)C)CC2)nc1. The number of ketones is 1. The molecule has 2 rings (SSSR count). The van der Waals surface area contributed by atoms with Crippen molar-refractivity contribution in [1.29, 1.82) is 0 Å². The average molecular weight is 306 g/mol. The van der Waals surface area contributed by atoms with Crippen LogP contribution in [0.1, 0.15) is 38.1 Å². The minimum atomic E-state index is -0.486. The highest BCUT2D eigenvalue weighted by molar-refractivity contribution is 5.93. The summed E-state index contributed by atoms with van der Waals surface area (Å²) < 4.78 is 5.36. The van der Waals surface area contributed by atoms with E-state index < -0.39 is 5.60 Å². The number of carbonyl (C=O) groups excluding carboxylic acids is 2. The van der Waals surface area contributed by atoms with E-state index in [1.165, 1.54) is 19.3 Å². The first-order chi connectivity index (χ1) is 10.3. The van der Waals surface area contributed by atoms with Crippen molar-refractivity contribution >= 4 is 17.8 Å². The second-order valence-electron chi connectivity index (χ2n) is 6.28. The van der Waals surface area contributed by atoms with Crippen LogP contribution in [0.5, 0.6) is 0 Å². The summed E-state index contributed by atoms with van der Waals surface area (Å²) in [5.41, 5.74) is 0.0102. The molecule has 2 heterocycles. The number of hydrogen-bond donors (Lipinski definition) is 0. The van der Waals surface area contributed by atoms with Crippen molar-refractivity contribution in [3.63, 3.8) is 0 Å². The van der Waals surface area contributed by atoms with Gasteiger partial charge in [0.2, 0.25) is 5.95 Å². The molecule has 0 bridgehead atoms. The third-order valence-electron chi connectivity index (χ3n) is 3.26. The lowest BCUT2D eigenvalue weighted by Gasteiger charge is -2.35. The third kappa shape index (κ3) is 4.16. The first-order valence-corrected chi connectivity index (χ1v) is 7.32. The fourth-order valence-corrected chi connectivity index (χ4v) is 2.08. The van der Waals surface area contributed by atoms with E-state index in [-0.39, 0.29) is 11.9 Å². The summed E-state index contributed by atoms with van der Waals surface area (Å²) in [5.74, 6) is 0.523. The van der Waals surface area contributed by atoms with Crippen molar-refractivity contribution in [2.45, 2.75) is 33.3 Å². The summed E-state index contributed by atoms with van der Waals surface area (Å²) in [7, 11) is 0. The molecule has 7 nitrogen and oxygen atoms in total. The molecule has 0 N–H and O–H groups in total. The topological polar surface area (TPSA) is 75.6 Å². The minimum Gasteiger partial charge on any atom is -0.444 e. The number of carbonyl (C=O) groups is 2. The highest BCUT2D eigenvalue weighted by Gasteiger charge is 2.26. The summed E-state index contributed by atoms with van der Waals surface area (Å²) in [6.45, 7) is 9.44. The predicted octanol–water partition coefficient (Wildman–Crippen LogP) is 1.74. The Balaban J connectivity index is 1.91. The quantitative estimate of drug-likeness (QED) is 0.775. The Morgan fingerprint density at radius 2 is 1.64 bits per heavy atom. The van der Waals surface area contributed by atoms with Crippen molar-refractivity contribution in [3.05, 3.63) is 18.0 Å². The molecule has 0 radical (unpaired) electrons. The monoisotopic (exact) mass is 306 g/mol. The van der Waals surface area contributed by atoms with Gasteiger partial charge in [-0.15, -0.1) is 0 Å². The van der Waals surface area contributed by atoms with Crippen LogP contribution < -0.4 is 4.90 Å². The van der Waals surface area contributed by atoms with Crippen LogP contribution >= 0.6 is 0 Å². The number of piperazine rings is 1. The lowest BCUT2D eigenvalue weighted by molar-refractivity contribution is 0.0240. The van der Waals surface area contributed by atoms with Crippen molar-refractivity contribution in [3.8, 4) is 0 Å². The maximum atomic E-state index is 12.0. The van der Waals surface area contributed by atoms with Crippen LogP contribution in [0.4, 0.5) is 10.7 Å². The maximum absolute atomic E-state index is 12.0. The van der Waals surface area contributed by atoms with Gasteiger partial charge in [-0.25, -0.2) is 14.8 Å². The Morgan fingerprint density at radius 3 is 2.09 bits per heavy atom. The van der Waals surface area contributed by atoms with Gasteiger partial charge >= 0.3 is 6.09 Å². The van der Waals surface area contributed by atoms with Gasteiger partial charge in [0, 0.05) is 38.6 Å². The zero-order chi connectivity index (χ0) is 16.3. The number of Topliss-reactive ketones (excluding diaryl/α,β-unsaturated/α-hetero) is 1. The molecule has 0 unspecified atom stereocenters. The van der Waals surface area contributed by atoms with Crippen LogP contribution in [0, 0.1) is 0 Å². The molecule has 120 valence electrons. The number of anilines is 1. The standard InChI is InChI=1S/C15H22N4O3/c1-11(20)12-9-16-13(17-10-12)18-5-7-19(8-6-18)14(21)22-15(2,3)4/h9-10H,5-8H2,1-4H3. The van der Waals surface area contributed by atoms with E-state index in [9.17, 15) is 9.59 Å². The van der Waals surface area contributed by atoms with E-state index in [2.05, 4.69) is 9.97 Å². The summed E-state index contributed by atoms with van der Waals surface area (Å²) in [5, 5.41) is 0. The van der Waals surface area contributed by atoms with Gasteiger partial charge in [0.15, 0.2) is 5.78 Å². The molecule has 0 aromatic carbocycles. The smallest absolute Gasteiger partial charge is 0.410 e. The van der Waals surface area contributed by atoms with Crippen molar-refractivity contribution in [2.24, 2.45) is 0 Å². The predicted molar refractivity (Wildman–Crippen MR) is 82.1 cm³/mol. The Morgan fingerprint density at radius 1 is 1.09 bits per heavy atom. The number of rotatable bonds is 2. The number of nitrogens with zero attached hydrogens (tertiary/aromatic N) is 4. The molecule has 1 aromatic heterocycles. The second-order valence-corrected chi connectivity index (χ2v) is 6.28. The molecular weight excluding hydrogens is 284 g/mol. The minimum absolute atomic E-state index is 0.0544. The van der Waals surface area contributed by atoms with E-state index >= 15 is 0 Å². The van der Waals surface area contributed by atoms with Crippen LogP contribution in [0.25, 0.3) is 0 Å². The van der Waals surface area contributed by atoms with Crippen LogP contribution in [-0.2, 0) is 4.74 Å². The molecule has 0 atom stereocenters. The fourth-order valence-electron chi connectivity index (χ4n) is 2.08. The molecule has 1 aliphatic heterocycles. The molecule has 1 fully saturated rings. The van der Waals surface area contributed by atoms with Crippen LogP contribution in [0.15, 0.2) is 12.4 Å². The second kappa shape index (κ2) is 6.29. The van der Waals surface area contributed by atoms with Crippen LogP contribution in [-0.4, -0.2) is 58.5 Å². The summed E-state index contributed by atoms with van der Waals surface area (Å²) in [6, 6.07) is 0. The van der Waals surface area contributed by atoms with Gasteiger partial charge in [-0.1, -0.05) is 0 Å². The third-order valence-corrected chi connectivity index (χ3v) is 3.26. The summed E-state index contributed by atoms with van der Waals surface area (Å²) in [6.07, 6.45) is 2.77. The van der Waals surface area contributed by atoms with Gasteiger partial charge in [0.25, 0.3) is 0 Å². The van der Waals surface area contributed by atoms with E-state index in [1.54, 1.807) is 4.90 Å². The van der Waals surface area contributed by atoms with E-state index in [0.717, 1.165) is 0 Å². The summed E-state index contributed by atoms with van der Waals surface area (Å²) in [4.78, 5) is 35.3. The Kier molecular flexibility index (Phi) is 4.63. The van der Waals surface area contributed by atoms with Crippen molar-refractivity contribution in [2.75, 3.05) is 31.1 Å². The molecule has 1 amide bonds. The van der Waals surface area contributed by atoms with Gasteiger partial charge < -0.3 is 14.5 Å². The highest BCUT2D eigenvalue weighted by atomic mass is 16.6. The lowest BCUT2D eigenvalue weighted by Crippen LogP contribution is -2.50. The lowest BCUT2D eigenvalue weighted by atomic mass is 10.2. The van der Waals surface area contributed by atoms with E-state index in [1.807, 2.05) is 25.7 Å². The largest absolute Gasteiger partial charge is 0.444 e. The number of aromatic nitrogens is 2. The molecule has 7 heteroatoms. The molecule has 1 aromatic rings. The fraction of sp³-hybridized carbons (Fsp3) is 0.600. The maximum Gasteiger partial charge on any atom is 0.410 e. The molecule has 1 aliphatic rings. The zero-order valence-corrected chi connectivity index (χ0v) is 13.5. The average Bonchev–Trinajstić information content (AvgIpc) is 2.46. The first kappa shape index (κ1) is 16.2. The van der Waals surface area contributed by atoms with Crippen molar-refractivity contribution < 1.29 is 14.3 Å². The van der Waals surface area contributed by atoms with E-state index in [0.29, 0.717) is 37.7 Å². The number of amides is 1. The highest BCUT2D eigenvalue weighted by Crippen LogP contribution is 2.14. The summed E-state index contributed by atoms with van der Waals surface area (Å²) >= 11 is 0. The Hall–Kier alpha value is -2.18. The van der Waals surface area contributed by atoms with E-state index in [4.69, 9.17) is 4.74 Å². The Labute approximate surface area is 130 Å². The molecule has 22 heavy (non-hydrogen) atoms. The molecular formula is C15H22N4O3.